The van der Waals surface area contributed by atoms with Crippen LogP contribution in [0.2, 0.25) is 0 Å². The second kappa shape index (κ2) is 8.74. The van der Waals surface area contributed by atoms with E-state index in [-0.39, 0.29) is 0 Å². The highest BCUT2D eigenvalue weighted by molar-refractivity contribution is 6.08. The molecule has 0 aliphatic rings. The number of esters is 1. The molecule has 4 aromatic rings. The predicted molar refractivity (Wildman–Crippen MR) is 118 cm³/mol. The molecule has 1 heterocycles. The Balaban J connectivity index is 1.60. The summed E-state index contributed by atoms with van der Waals surface area (Å²) in [6.07, 6.45) is -4.44. The first-order chi connectivity index (χ1) is 15.8. The van der Waals surface area contributed by atoms with Gasteiger partial charge in [0.05, 0.1) is 23.8 Å². The molecule has 5 nitrogen and oxygen atoms in total. The molecule has 166 valence electrons. The van der Waals surface area contributed by atoms with E-state index >= 15 is 0 Å². The van der Waals surface area contributed by atoms with Gasteiger partial charge in [-0.1, -0.05) is 30.3 Å². The number of alkyl halides is 3. The van der Waals surface area contributed by atoms with Crippen LogP contribution in [0.1, 0.15) is 26.3 Å². The van der Waals surface area contributed by atoms with Crippen molar-refractivity contribution < 1.29 is 27.5 Å². The minimum Gasteiger partial charge on any atom is -0.465 e. The number of hydrogen-bond acceptors (Lipinski definition) is 4. The van der Waals surface area contributed by atoms with Crippen LogP contribution in [0, 0.1) is 0 Å². The minimum atomic E-state index is -4.44. The van der Waals surface area contributed by atoms with Gasteiger partial charge in [0.1, 0.15) is 5.82 Å². The monoisotopic (exact) mass is 450 g/mol. The van der Waals surface area contributed by atoms with Crippen molar-refractivity contribution in [3.63, 3.8) is 0 Å². The molecule has 3 aromatic carbocycles. The van der Waals surface area contributed by atoms with Gasteiger partial charge in [0.15, 0.2) is 0 Å². The van der Waals surface area contributed by atoms with Crippen LogP contribution in [-0.2, 0) is 10.9 Å². The van der Waals surface area contributed by atoms with Crippen molar-refractivity contribution in [1.29, 1.82) is 0 Å². The van der Waals surface area contributed by atoms with Crippen LogP contribution in [0.3, 0.4) is 0 Å². The third-order valence-corrected chi connectivity index (χ3v) is 5.05. The van der Waals surface area contributed by atoms with Gasteiger partial charge >= 0.3 is 12.1 Å². The van der Waals surface area contributed by atoms with Gasteiger partial charge in [-0.2, -0.15) is 13.2 Å². The number of aromatic nitrogens is 1. The molecule has 0 bridgehead atoms. The summed E-state index contributed by atoms with van der Waals surface area (Å²) in [5.74, 6) is -0.627. The lowest BCUT2D eigenvalue weighted by atomic mass is 9.98. The van der Waals surface area contributed by atoms with Crippen molar-refractivity contribution in [1.82, 2.24) is 4.98 Å². The number of methoxy groups -OCH3 is 1. The Morgan fingerprint density at radius 3 is 2.33 bits per heavy atom. The van der Waals surface area contributed by atoms with Crippen molar-refractivity contribution in [3.8, 4) is 11.1 Å². The van der Waals surface area contributed by atoms with Crippen LogP contribution in [-0.4, -0.2) is 24.0 Å². The highest BCUT2D eigenvalue weighted by atomic mass is 19.4. The van der Waals surface area contributed by atoms with Gasteiger partial charge in [-0.05, 0) is 59.7 Å². The van der Waals surface area contributed by atoms with E-state index in [0.717, 1.165) is 12.1 Å². The van der Waals surface area contributed by atoms with Crippen LogP contribution in [0.4, 0.5) is 19.0 Å². The van der Waals surface area contributed by atoms with Crippen molar-refractivity contribution in [2.24, 2.45) is 0 Å². The molecule has 0 fully saturated rings. The van der Waals surface area contributed by atoms with E-state index in [1.54, 1.807) is 54.6 Å². The summed E-state index contributed by atoms with van der Waals surface area (Å²) >= 11 is 0. The fourth-order valence-electron chi connectivity index (χ4n) is 3.40. The maximum Gasteiger partial charge on any atom is 0.416 e. The number of anilines is 1. The second-order valence-corrected chi connectivity index (χ2v) is 7.17. The third kappa shape index (κ3) is 4.69. The number of carbonyl (C=O) groups is 2. The normalized spacial score (nSPS) is 11.3. The van der Waals surface area contributed by atoms with Crippen molar-refractivity contribution in [2.45, 2.75) is 6.18 Å². The summed E-state index contributed by atoms with van der Waals surface area (Å²) < 4.78 is 43.3. The first-order valence-electron chi connectivity index (χ1n) is 9.83. The number of hydrogen-bond donors (Lipinski definition) is 1. The molecule has 0 spiro atoms. The van der Waals surface area contributed by atoms with Gasteiger partial charge in [0.2, 0.25) is 0 Å². The van der Waals surface area contributed by atoms with E-state index in [1.807, 2.05) is 0 Å². The van der Waals surface area contributed by atoms with Gasteiger partial charge in [-0.15, -0.1) is 0 Å². The third-order valence-electron chi connectivity index (χ3n) is 5.05. The van der Waals surface area contributed by atoms with Gasteiger partial charge < -0.3 is 10.1 Å². The standard InChI is InChI=1S/C25H17F3N2O3/c1-33-24(32)17-8-12-21-16(14-17)9-13-22(29-21)30-23(31)20-5-3-2-4-19(20)15-6-10-18(11-7-15)25(26,27)28/h2-14H,1H3,(H,29,30,31). The number of benzene rings is 3. The summed E-state index contributed by atoms with van der Waals surface area (Å²) in [6, 6.07) is 19.4. The summed E-state index contributed by atoms with van der Waals surface area (Å²) in [5, 5.41) is 3.42. The van der Waals surface area contributed by atoms with Crippen LogP contribution in [0.25, 0.3) is 22.0 Å². The van der Waals surface area contributed by atoms with Crippen molar-refractivity contribution >= 4 is 28.6 Å². The van der Waals surface area contributed by atoms with E-state index in [9.17, 15) is 22.8 Å². The number of carbonyl (C=O) groups excluding carboxylic acids is 2. The predicted octanol–water partition coefficient (Wildman–Crippen LogP) is 5.96. The lowest BCUT2D eigenvalue weighted by Gasteiger charge is -2.12. The molecule has 0 saturated carbocycles. The van der Waals surface area contributed by atoms with Gasteiger partial charge in [0.25, 0.3) is 5.91 Å². The minimum absolute atomic E-state index is 0.292. The molecule has 0 radical (unpaired) electrons. The number of ether oxygens (including phenoxy) is 1. The lowest BCUT2D eigenvalue weighted by molar-refractivity contribution is -0.137. The largest absolute Gasteiger partial charge is 0.465 e. The van der Waals surface area contributed by atoms with E-state index in [0.29, 0.717) is 39.0 Å². The lowest BCUT2D eigenvalue weighted by Crippen LogP contribution is -2.14. The summed E-state index contributed by atoms with van der Waals surface area (Å²) in [5.41, 5.74) is 1.46. The summed E-state index contributed by atoms with van der Waals surface area (Å²) in [4.78, 5) is 29.0. The highest BCUT2D eigenvalue weighted by Gasteiger charge is 2.30. The number of pyridine rings is 1. The van der Waals surface area contributed by atoms with Gasteiger partial charge in [0, 0.05) is 10.9 Å². The van der Waals surface area contributed by atoms with Crippen LogP contribution < -0.4 is 5.32 Å². The van der Waals surface area contributed by atoms with Gasteiger partial charge in [-0.25, -0.2) is 9.78 Å². The Morgan fingerprint density at radius 2 is 1.64 bits per heavy atom. The zero-order chi connectivity index (χ0) is 23.6. The molecule has 1 N–H and O–H groups in total. The number of halogens is 3. The van der Waals surface area contributed by atoms with Crippen molar-refractivity contribution in [2.75, 3.05) is 12.4 Å². The molecule has 0 aliphatic heterocycles. The van der Waals surface area contributed by atoms with Crippen LogP contribution >= 0.6 is 0 Å². The molecular weight excluding hydrogens is 433 g/mol. The topological polar surface area (TPSA) is 68.3 Å². The average molecular weight is 450 g/mol. The Kier molecular flexibility index (Phi) is 5.83. The number of rotatable bonds is 4. The van der Waals surface area contributed by atoms with E-state index < -0.39 is 23.6 Å². The second-order valence-electron chi connectivity index (χ2n) is 7.17. The molecule has 1 aromatic heterocycles. The fourth-order valence-corrected chi connectivity index (χ4v) is 3.40. The number of amides is 1. The van der Waals surface area contributed by atoms with Crippen molar-refractivity contribution in [3.05, 3.63) is 95.6 Å². The summed E-state index contributed by atoms with van der Waals surface area (Å²) in [7, 11) is 1.30. The Labute approximate surface area is 186 Å². The number of nitrogens with one attached hydrogen (secondary N) is 1. The maximum absolute atomic E-state index is 13.0. The fraction of sp³-hybridized carbons (Fsp3) is 0.0800. The number of nitrogens with zero attached hydrogens (tertiary/aromatic N) is 1. The molecule has 0 aliphatic carbocycles. The molecule has 8 heteroatoms. The molecule has 1 amide bonds. The molecule has 33 heavy (non-hydrogen) atoms. The van der Waals surface area contributed by atoms with Crippen LogP contribution in [0.15, 0.2) is 78.9 Å². The summed E-state index contributed by atoms with van der Waals surface area (Å²) in [6.45, 7) is 0. The Morgan fingerprint density at radius 1 is 0.909 bits per heavy atom. The highest BCUT2D eigenvalue weighted by Crippen LogP contribution is 2.32. The molecule has 4 rings (SSSR count). The molecule has 0 atom stereocenters. The van der Waals surface area contributed by atoms with Gasteiger partial charge in [-0.3, -0.25) is 4.79 Å². The van der Waals surface area contributed by atoms with E-state index in [1.165, 1.54) is 19.2 Å². The Bertz CT molecular complexity index is 1350. The molecule has 0 saturated heterocycles. The molecular formula is C25H17F3N2O3. The van der Waals surface area contributed by atoms with Crippen LogP contribution in [0.5, 0.6) is 0 Å². The Hall–Kier alpha value is -4.20. The number of fused-ring (bicyclic) bond motifs is 1. The first kappa shape index (κ1) is 22.0. The zero-order valence-corrected chi connectivity index (χ0v) is 17.3. The van der Waals surface area contributed by atoms with E-state index in [4.69, 9.17) is 4.74 Å². The first-order valence-corrected chi connectivity index (χ1v) is 9.83. The molecule has 0 unspecified atom stereocenters. The quantitative estimate of drug-likeness (QED) is 0.390. The SMILES string of the molecule is COC(=O)c1ccc2nc(NC(=O)c3ccccc3-c3ccc(C(F)(F)F)cc3)ccc2c1. The zero-order valence-electron chi connectivity index (χ0n) is 17.3. The maximum atomic E-state index is 13.0. The average Bonchev–Trinajstić information content (AvgIpc) is 2.82. The van der Waals surface area contributed by atoms with E-state index in [2.05, 4.69) is 10.3 Å². The smallest absolute Gasteiger partial charge is 0.416 e.